The van der Waals surface area contributed by atoms with Crippen molar-refractivity contribution in [3.63, 3.8) is 0 Å². The zero-order valence-electron chi connectivity index (χ0n) is 12.5. The van der Waals surface area contributed by atoms with Crippen LogP contribution in [0.1, 0.15) is 19.8 Å². The van der Waals surface area contributed by atoms with Crippen molar-refractivity contribution in [2.24, 2.45) is 0 Å². The number of nitrogens with two attached hydrogens (primary N) is 1. The number of ether oxygens (including phenoxy) is 2. The van der Waals surface area contributed by atoms with E-state index in [9.17, 15) is 0 Å². The third-order valence-corrected chi connectivity index (χ3v) is 3.04. The summed E-state index contributed by atoms with van der Waals surface area (Å²) in [6, 6.07) is 5.44. The van der Waals surface area contributed by atoms with E-state index in [2.05, 4.69) is 22.4 Å². The second-order valence-electron chi connectivity index (χ2n) is 4.64. The fraction of sp³-hybridized carbons (Fsp3) is 0.500. The quantitative estimate of drug-likeness (QED) is 0.589. The molecule has 2 aromatic rings. The van der Waals surface area contributed by atoms with Gasteiger partial charge in [-0.1, -0.05) is 6.92 Å². The molecular weight excluding hydrogens is 270 g/mol. The predicted molar refractivity (Wildman–Crippen MR) is 79.9 cm³/mol. The Labute approximate surface area is 124 Å². The van der Waals surface area contributed by atoms with Crippen LogP contribution in [0.5, 0.6) is 5.75 Å². The van der Waals surface area contributed by atoms with Crippen molar-refractivity contribution in [1.29, 1.82) is 0 Å². The fourth-order valence-corrected chi connectivity index (χ4v) is 1.97. The Kier molecular flexibility index (Phi) is 5.51. The third-order valence-electron chi connectivity index (χ3n) is 3.04. The van der Waals surface area contributed by atoms with Crippen LogP contribution in [0.4, 0.5) is 5.69 Å². The summed E-state index contributed by atoms with van der Waals surface area (Å²) >= 11 is 0. The number of hydrogen-bond donors (Lipinski definition) is 1. The first-order chi connectivity index (χ1) is 10.3. The van der Waals surface area contributed by atoms with E-state index < -0.39 is 0 Å². The van der Waals surface area contributed by atoms with E-state index in [-0.39, 0.29) is 0 Å². The lowest BCUT2D eigenvalue weighted by molar-refractivity contribution is 0.128. The minimum atomic E-state index is 0.620. The van der Waals surface area contributed by atoms with E-state index in [0.29, 0.717) is 24.7 Å². The van der Waals surface area contributed by atoms with Crippen LogP contribution in [-0.4, -0.2) is 40.5 Å². The van der Waals surface area contributed by atoms with Crippen molar-refractivity contribution in [2.45, 2.75) is 26.3 Å². The number of rotatable bonds is 8. The average molecular weight is 291 g/mol. The van der Waals surface area contributed by atoms with Gasteiger partial charge in [-0.2, -0.15) is 0 Å². The lowest BCUT2D eigenvalue weighted by Crippen LogP contribution is -2.07. The molecule has 0 amide bonds. The maximum Gasteiger partial charge on any atom is 0.184 e. The molecule has 114 valence electrons. The van der Waals surface area contributed by atoms with Crippen LogP contribution in [0.2, 0.25) is 0 Å². The number of methoxy groups -OCH3 is 1. The van der Waals surface area contributed by atoms with Crippen LogP contribution >= 0.6 is 0 Å². The van der Waals surface area contributed by atoms with Crippen molar-refractivity contribution >= 4 is 5.69 Å². The highest BCUT2D eigenvalue weighted by Gasteiger charge is 2.13. The zero-order valence-corrected chi connectivity index (χ0v) is 12.5. The highest BCUT2D eigenvalue weighted by molar-refractivity contribution is 5.72. The van der Waals surface area contributed by atoms with Gasteiger partial charge in [0.2, 0.25) is 0 Å². The molecule has 0 spiro atoms. The SMILES string of the molecule is CCCOCCCn1nnnc1-c1cc(OC)ccc1N. The molecule has 7 heteroatoms. The van der Waals surface area contributed by atoms with Crippen molar-refractivity contribution < 1.29 is 9.47 Å². The Morgan fingerprint density at radius 1 is 1.29 bits per heavy atom. The highest BCUT2D eigenvalue weighted by Crippen LogP contribution is 2.27. The smallest absolute Gasteiger partial charge is 0.184 e. The molecule has 0 aliphatic rings. The standard InChI is InChI=1S/C14H21N5O2/c1-3-8-21-9-4-7-19-14(16-17-18-19)12-10-11(20-2)5-6-13(12)15/h5-6,10H,3-4,7-9,15H2,1-2H3. The van der Waals surface area contributed by atoms with Gasteiger partial charge in [-0.25, -0.2) is 4.68 Å². The average Bonchev–Trinajstić information content (AvgIpc) is 2.96. The van der Waals surface area contributed by atoms with Gasteiger partial charge in [0.05, 0.1) is 7.11 Å². The number of nitrogen functional groups attached to an aromatic ring is 1. The number of nitrogens with zero attached hydrogens (tertiary/aromatic N) is 4. The molecule has 2 rings (SSSR count). The van der Waals surface area contributed by atoms with E-state index >= 15 is 0 Å². The van der Waals surface area contributed by atoms with Crippen molar-refractivity contribution in [3.8, 4) is 17.1 Å². The van der Waals surface area contributed by atoms with Gasteiger partial charge >= 0.3 is 0 Å². The van der Waals surface area contributed by atoms with Crippen LogP contribution in [0.15, 0.2) is 18.2 Å². The molecule has 0 atom stereocenters. The van der Waals surface area contributed by atoms with Crippen molar-refractivity contribution in [3.05, 3.63) is 18.2 Å². The second kappa shape index (κ2) is 7.58. The second-order valence-corrected chi connectivity index (χ2v) is 4.64. The number of aromatic nitrogens is 4. The van der Waals surface area contributed by atoms with Gasteiger partial charge in [0.15, 0.2) is 5.82 Å². The summed E-state index contributed by atoms with van der Waals surface area (Å²) in [4.78, 5) is 0. The molecule has 0 aliphatic carbocycles. The van der Waals surface area contributed by atoms with Crippen LogP contribution in [0, 0.1) is 0 Å². The monoisotopic (exact) mass is 291 g/mol. The molecule has 1 aromatic carbocycles. The molecule has 0 saturated carbocycles. The van der Waals surface area contributed by atoms with Crippen LogP contribution in [0.25, 0.3) is 11.4 Å². The number of aryl methyl sites for hydroxylation is 1. The number of tetrazole rings is 1. The van der Waals surface area contributed by atoms with Crippen LogP contribution in [0.3, 0.4) is 0 Å². The molecule has 21 heavy (non-hydrogen) atoms. The molecule has 0 fully saturated rings. The molecule has 0 unspecified atom stereocenters. The molecule has 0 aliphatic heterocycles. The predicted octanol–water partition coefficient (Wildman–Crippen LogP) is 1.75. The van der Waals surface area contributed by atoms with Gasteiger partial charge in [-0.15, -0.1) is 5.10 Å². The van der Waals surface area contributed by atoms with Gasteiger partial charge < -0.3 is 15.2 Å². The lowest BCUT2D eigenvalue weighted by Gasteiger charge is -2.09. The summed E-state index contributed by atoms with van der Waals surface area (Å²) in [6.07, 6.45) is 1.87. The Balaban J connectivity index is 2.09. The normalized spacial score (nSPS) is 10.8. The number of benzene rings is 1. The maximum absolute atomic E-state index is 6.01. The van der Waals surface area contributed by atoms with Gasteiger partial charge in [0.25, 0.3) is 0 Å². The largest absolute Gasteiger partial charge is 0.497 e. The summed E-state index contributed by atoms with van der Waals surface area (Å²) < 4.78 is 12.4. The van der Waals surface area contributed by atoms with Gasteiger partial charge in [-0.3, -0.25) is 0 Å². The fourth-order valence-electron chi connectivity index (χ4n) is 1.97. The summed E-state index contributed by atoms with van der Waals surface area (Å²) in [7, 11) is 1.61. The van der Waals surface area contributed by atoms with E-state index in [1.54, 1.807) is 17.9 Å². The molecule has 0 bridgehead atoms. The van der Waals surface area contributed by atoms with Crippen molar-refractivity contribution in [1.82, 2.24) is 20.2 Å². The Morgan fingerprint density at radius 3 is 2.90 bits per heavy atom. The molecular formula is C14H21N5O2. The molecule has 2 N–H and O–H groups in total. The Hall–Kier alpha value is -2.15. The minimum absolute atomic E-state index is 0.620. The van der Waals surface area contributed by atoms with Gasteiger partial charge in [0, 0.05) is 31.0 Å². The Bertz CT molecular complexity index is 570. The summed E-state index contributed by atoms with van der Waals surface area (Å²) in [6.45, 7) is 4.25. The van der Waals surface area contributed by atoms with E-state index in [0.717, 1.165) is 30.8 Å². The summed E-state index contributed by atoms with van der Waals surface area (Å²) in [5, 5.41) is 11.8. The summed E-state index contributed by atoms with van der Waals surface area (Å²) in [5.41, 5.74) is 7.40. The molecule has 0 saturated heterocycles. The van der Waals surface area contributed by atoms with E-state index in [1.165, 1.54) is 0 Å². The van der Waals surface area contributed by atoms with Crippen molar-refractivity contribution in [2.75, 3.05) is 26.1 Å². The molecule has 1 heterocycles. The molecule has 1 aromatic heterocycles. The number of anilines is 1. The van der Waals surface area contributed by atoms with E-state index in [1.807, 2.05) is 12.1 Å². The van der Waals surface area contributed by atoms with Gasteiger partial charge in [0.1, 0.15) is 5.75 Å². The molecule has 7 nitrogen and oxygen atoms in total. The van der Waals surface area contributed by atoms with Crippen LogP contribution < -0.4 is 10.5 Å². The Morgan fingerprint density at radius 2 is 2.14 bits per heavy atom. The first-order valence-corrected chi connectivity index (χ1v) is 7.04. The van der Waals surface area contributed by atoms with Crippen LogP contribution in [-0.2, 0) is 11.3 Å². The third kappa shape index (κ3) is 3.91. The maximum atomic E-state index is 6.01. The van der Waals surface area contributed by atoms with Gasteiger partial charge in [-0.05, 0) is 41.5 Å². The first kappa shape index (κ1) is 15.2. The highest BCUT2D eigenvalue weighted by atomic mass is 16.5. The summed E-state index contributed by atoms with van der Waals surface area (Å²) in [5.74, 6) is 1.36. The topological polar surface area (TPSA) is 88.1 Å². The molecule has 0 radical (unpaired) electrons. The number of hydrogen-bond acceptors (Lipinski definition) is 6. The lowest BCUT2D eigenvalue weighted by atomic mass is 10.1. The van der Waals surface area contributed by atoms with E-state index in [4.69, 9.17) is 15.2 Å². The first-order valence-electron chi connectivity index (χ1n) is 7.04. The minimum Gasteiger partial charge on any atom is -0.497 e. The zero-order chi connectivity index (χ0) is 15.1.